The lowest BCUT2D eigenvalue weighted by Crippen LogP contribution is -2.60. The molecule has 11 nitrogen and oxygen atoms in total. The number of likely N-dealkylation sites (tertiary alicyclic amines) is 1. The van der Waals surface area contributed by atoms with Crippen molar-refractivity contribution in [2.45, 2.75) is 68.9 Å². The Hall–Kier alpha value is -2.83. The number of para-hydroxylation sites is 1. The zero-order chi connectivity index (χ0) is 28.8. The van der Waals surface area contributed by atoms with Crippen molar-refractivity contribution >= 4 is 44.7 Å². The van der Waals surface area contributed by atoms with Crippen LogP contribution in [-0.2, 0) is 30.5 Å². The molecular weight excluding hydrogens is 582 g/mol. The maximum atomic E-state index is 14.6. The molecule has 2 bridgehead atoms. The van der Waals surface area contributed by atoms with Crippen LogP contribution in [0.2, 0.25) is 0 Å². The van der Waals surface area contributed by atoms with E-state index in [2.05, 4.69) is 32.8 Å². The quantitative estimate of drug-likeness (QED) is 0.231. The summed E-state index contributed by atoms with van der Waals surface area (Å²) in [6.07, 6.45) is 2.06. The molecule has 1 aromatic carbocycles. The van der Waals surface area contributed by atoms with Gasteiger partial charge in [0.25, 0.3) is 0 Å². The number of aromatic nitrogens is 3. The van der Waals surface area contributed by atoms with Gasteiger partial charge in [0.15, 0.2) is 0 Å². The number of alkyl halides is 1. The molecule has 8 atom stereocenters. The number of esters is 1. The fourth-order valence-electron chi connectivity index (χ4n) is 6.76. The Morgan fingerprint density at radius 3 is 2.80 bits per heavy atom. The van der Waals surface area contributed by atoms with E-state index in [9.17, 15) is 19.5 Å². The first-order valence-corrected chi connectivity index (χ1v) is 14.7. The SMILES string of the molecule is C=CCN(Cn1nnc2ccccc21)C(=O)[C@@H]1N([C@@H](CO)[C@@H](C)CC)C(=O)[C@H]2[C@H](C(=O)OCC)[C@H]3O[C@@]12CC3Br. The average Bonchev–Trinajstić information content (AvgIpc) is 3.66. The molecular formula is C28H36BrN5O6. The largest absolute Gasteiger partial charge is 0.466 e. The second-order valence-corrected chi connectivity index (χ2v) is 12.0. The van der Waals surface area contributed by atoms with Crippen LogP contribution in [0.5, 0.6) is 0 Å². The lowest BCUT2D eigenvalue weighted by molar-refractivity contribution is -0.157. The summed E-state index contributed by atoms with van der Waals surface area (Å²) in [6.45, 7) is 9.58. The van der Waals surface area contributed by atoms with Crippen molar-refractivity contribution < 1.29 is 29.0 Å². The monoisotopic (exact) mass is 617 g/mol. The van der Waals surface area contributed by atoms with Gasteiger partial charge in [-0.1, -0.05) is 59.6 Å². The third kappa shape index (κ3) is 4.35. The zero-order valence-electron chi connectivity index (χ0n) is 23.0. The van der Waals surface area contributed by atoms with Gasteiger partial charge in [0.05, 0.1) is 42.7 Å². The number of hydrogen-bond acceptors (Lipinski definition) is 8. The molecule has 1 spiro atoms. The number of aliphatic hydroxyl groups is 1. The first kappa shape index (κ1) is 28.7. The van der Waals surface area contributed by atoms with Crippen molar-refractivity contribution in [1.82, 2.24) is 24.8 Å². The fraction of sp³-hybridized carbons (Fsp3) is 0.607. The minimum Gasteiger partial charge on any atom is -0.466 e. The molecule has 2 amide bonds. The Balaban J connectivity index is 1.59. The van der Waals surface area contributed by atoms with Gasteiger partial charge in [-0.2, -0.15) is 0 Å². The van der Waals surface area contributed by atoms with E-state index in [4.69, 9.17) is 9.47 Å². The van der Waals surface area contributed by atoms with Crippen LogP contribution in [0.15, 0.2) is 36.9 Å². The lowest BCUT2D eigenvalue weighted by atomic mass is 9.70. The van der Waals surface area contributed by atoms with Crippen LogP contribution in [0.4, 0.5) is 0 Å². The Morgan fingerprint density at radius 1 is 1.38 bits per heavy atom. The molecule has 216 valence electrons. The highest BCUT2D eigenvalue weighted by Gasteiger charge is 2.77. The van der Waals surface area contributed by atoms with Crippen molar-refractivity contribution in [3.05, 3.63) is 36.9 Å². The summed E-state index contributed by atoms with van der Waals surface area (Å²) < 4.78 is 13.6. The van der Waals surface area contributed by atoms with E-state index in [1.807, 2.05) is 38.1 Å². The summed E-state index contributed by atoms with van der Waals surface area (Å²) in [6, 6.07) is 5.76. The van der Waals surface area contributed by atoms with Crippen molar-refractivity contribution in [2.24, 2.45) is 17.8 Å². The highest BCUT2D eigenvalue weighted by molar-refractivity contribution is 9.09. The topological polar surface area (TPSA) is 127 Å². The van der Waals surface area contributed by atoms with E-state index < -0.39 is 41.6 Å². The average molecular weight is 619 g/mol. The molecule has 12 heteroatoms. The van der Waals surface area contributed by atoms with Gasteiger partial charge in [-0.15, -0.1) is 11.7 Å². The zero-order valence-corrected chi connectivity index (χ0v) is 24.6. The summed E-state index contributed by atoms with van der Waals surface area (Å²) in [4.78, 5) is 45.0. The van der Waals surface area contributed by atoms with Gasteiger partial charge in [-0.05, 0) is 31.4 Å². The van der Waals surface area contributed by atoms with Crippen LogP contribution < -0.4 is 0 Å². The first-order chi connectivity index (χ1) is 19.2. The van der Waals surface area contributed by atoms with Crippen molar-refractivity contribution in [3.8, 4) is 0 Å². The summed E-state index contributed by atoms with van der Waals surface area (Å²) in [5, 5.41) is 19.0. The van der Waals surface area contributed by atoms with Crippen LogP contribution in [-0.4, -0.2) is 96.1 Å². The number of hydrogen-bond donors (Lipinski definition) is 1. The molecule has 4 heterocycles. The van der Waals surface area contributed by atoms with Crippen molar-refractivity contribution in [1.29, 1.82) is 0 Å². The van der Waals surface area contributed by atoms with E-state index in [-0.39, 0.29) is 49.0 Å². The van der Waals surface area contributed by atoms with Crippen LogP contribution in [0, 0.1) is 17.8 Å². The molecule has 0 saturated carbocycles. The molecule has 1 aromatic heterocycles. The number of carbonyl (C=O) groups is 3. The predicted molar refractivity (Wildman–Crippen MR) is 149 cm³/mol. The number of nitrogens with zero attached hydrogens (tertiary/aromatic N) is 5. The molecule has 1 unspecified atom stereocenters. The van der Waals surface area contributed by atoms with E-state index >= 15 is 0 Å². The standard InChI is InChI=1S/C28H36BrN5O6/c1-5-12-32(15-33-19-11-9-8-10-18(19)30-31-33)26(37)24-28-13-17(29)23(40-28)21(27(38)39-7-3)22(28)25(36)34(24)20(14-35)16(4)6-2/h5,8-11,16-17,20-24,35H,1,6-7,12-15H2,2-4H3/t16-,17?,20-,21-,22+,23-,24-,28+/m0/s1. The Bertz CT molecular complexity index is 1300. The number of fused-ring (bicyclic) bond motifs is 2. The van der Waals surface area contributed by atoms with Gasteiger partial charge in [-0.25, -0.2) is 4.68 Å². The molecule has 1 N–H and O–H groups in total. The van der Waals surface area contributed by atoms with Gasteiger partial charge < -0.3 is 24.4 Å². The van der Waals surface area contributed by atoms with Crippen LogP contribution >= 0.6 is 15.9 Å². The number of rotatable bonds is 11. The van der Waals surface area contributed by atoms with E-state index in [1.54, 1.807) is 22.6 Å². The normalized spacial score (nSPS) is 30.4. The summed E-state index contributed by atoms with van der Waals surface area (Å²) in [5.74, 6) is -3.08. The molecule has 5 rings (SSSR count). The van der Waals surface area contributed by atoms with E-state index in [0.29, 0.717) is 18.4 Å². The number of carbonyl (C=O) groups excluding carboxylic acids is 3. The molecule has 3 aliphatic rings. The molecule has 3 fully saturated rings. The minimum atomic E-state index is -1.25. The molecule has 40 heavy (non-hydrogen) atoms. The second-order valence-electron chi connectivity index (χ2n) is 10.9. The van der Waals surface area contributed by atoms with Crippen LogP contribution in [0.25, 0.3) is 11.0 Å². The Morgan fingerprint density at radius 2 is 2.12 bits per heavy atom. The number of aliphatic hydroxyl groups excluding tert-OH is 1. The van der Waals surface area contributed by atoms with Gasteiger partial charge in [0, 0.05) is 11.4 Å². The van der Waals surface area contributed by atoms with Gasteiger partial charge in [0.1, 0.15) is 23.8 Å². The number of amides is 2. The number of ether oxygens (including phenoxy) is 2. The van der Waals surface area contributed by atoms with Crippen LogP contribution in [0.3, 0.4) is 0 Å². The lowest BCUT2D eigenvalue weighted by Gasteiger charge is -2.40. The smallest absolute Gasteiger partial charge is 0.312 e. The summed E-state index contributed by atoms with van der Waals surface area (Å²) in [7, 11) is 0. The fourth-order valence-corrected chi connectivity index (χ4v) is 7.70. The third-order valence-electron chi connectivity index (χ3n) is 8.75. The third-order valence-corrected chi connectivity index (χ3v) is 9.60. The molecule has 2 aromatic rings. The summed E-state index contributed by atoms with van der Waals surface area (Å²) in [5.41, 5.74) is 0.197. The van der Waals surface area contributed by atoms with Crippen molar-refractivity contribution in [2.75, 3.05) is 19.8 Å². The van der Waals surface area contributed by atoms with E-state index in [0.717, 1.165) is 5.52 Å². The number of halogens is 1. The maximum absolute atomic E-state index is 14.6. The van der Waals surface area contributed by atoms with Gasteiger partial charge in [-0.3, -0.25) is 14.4 Å². The highest BCUT2D eigenvalue weighted by Crippen LogP contribution is 2.61. The van der Waals surface area contributed by atoms with Crippen molar-refractivity contribution in [3.63, 3.8) is 0 Å². The minimum absolute atomic E-state index is 0.0697. The number of benzene rings is 1. The van der Waals surface area contributed by atoms with Gasteiger partial charge >= 0.3 is 5.97 Å². The molecule has 0 aliphatic carbocycles. The molecule has 3 aliphatic heterocycles. The summed E-state index contributed by atoms with van der Waals surface area (Å²) >= 11 is 3.67. The van der Waals surface area contributed by atoms with Gasteiger partial charge in [0.2, 0.25) is 11.8 Å². The molecule has 3 saturated heterocycles. The van der Waals surface area contributed by atoms with E-state index in [1.165, 1.54) is 4.90 Å². The highest BCUT2D eigenvalue weighted by atomic mass is 79.9. The maximum Gasteiger partial charge on any atom is 0.312 e. The predicted octanol–water partition coefficient (Wildman–Crippen LogP) is 2.12. The Labute approximate surface area is 241 Å². The van der Waals surface area contributed by atoms with Crippen LogP contribution in [0.1, 0.15) is 33.6 Å². The Kier molecular flexibility index (Phi) is 8.04. The first-order valence-electron chi connectivity index (χ1n) is 13.8. The second kappa shape index (κ2) is 11.2. The molecule has 0 radical (unpaired) electrons.